The van der Waals surface area contributed by atoms with E-state index in [0.29, 0.717) is 23.3 Å². The first kappa shape index (κ1) is 26.2. The molecule has 1 rings (SSSR count). The fraction of sp³-hybridized carbons (Fsp3) is 0.522. The summed E-state index contributed by atoms with van der Waals surface area (Å²) in [6.45, 7) is 13.0. The van der Waals surface area contributed by atoms with Crippen molar-refractivity contribution in [3.63, 3.8) is 0 Å². The number of ether oxygens (including phenoxy) is 2. The molecule has 2 N–H and O–H groups in total. The van der Waals surface area contributed by atoms with E-state index in [-0.39, 0.29) is 25.2 Å². The van der Waals surface area contributed by atoms with Crippen LogP contribution in [0.25, 0.3) is 0 Å². The first-order chi connectivity index (χ1) is 14.3. The molecule has 0 spiro atoms. The van der Waals surface area contributed by atoms with Crippen LogP contribution in [-0.4, -0.2) is 59.3 Å². The summed E-state index contributed by atoms with van der Waals surface area (Å²) in [5.74, 6) is -2.08. The lowest BCUT2D eigenvalue weighted by Crippen LogP contribution is -2.34. The van der Waals surface area contributed by atoms with Gasteiger partial charge in [0.1, 0.15) is 5.75 Å². The minimum absolute atomic E-state index is 0.114. The maximum Gasteiger partial charge on any atom is 0.333 e. The number of carboxylic acid groups (broad SMARTS) is 2. The maximum atomic E-state index is 11.4. The van der Waals surface area contributed by atoms with Crippen LogP contribution >= 0.6 is 0 Å². The molecule has 8 nitrogen and oxygen atoms in total. The highest BCUT2D eigenvalue weighted by molar-refractivity contribution is 5.86. The molecule has 8 heteroatoms. The SMILES string of the molecule is C=C(C)C(=O)OCCCOc1c(C)cc(C(C)(C)C)cc1CN(CC(=O)O)CC(=O)O. The van der Waals surface area contributed by atoms with Crippen molar-refractivity contribution >= 4 is 17.9 Å². The van der Waals surface area contributed by atoms with Gasteiger partial charge in [0.15, 0.2) is 0 Å². The van der Waals surface area contributed by atoms with Gasteiger partial charge in [0.2, 0.25) is 0 Å². The van der Waals surface area contributed by atoms with E-state index in [2.05, 4.69) is 27.4 Å². The third kappa shape index (κ3) is 9.21. The van der Waals surface area contributed by atoms with Gasteiger partial charge < -0.3 is 19.7 Å². The number of benzene rings is 1. The van der Waals surface area contributed by atoms with Crippen LogP contribution in [-0.2, 0) is 31.1 Å². The van der Waals surface area contributed by atoms with Crippen molar-refractivity contribution in [1.82, 2.24) is 4.90 Å². The third-order valence-corrected chi connectivity index (χ3v) is 4.45. The van der Waals surface area contributed by atoms with Crippen molar-refractivity contribution in [2.24, 2.45) is 0 Å². The molecule has 0 aliphatic heterocycles. The van der Waals surface area contributed by atoms with Gasteiger partial charge in [-0.25, -0.2) is 4.79 Å². The van der Waals surface area contributed by atoms with Crippen LogP contribution in [0, 0.1) is 6.92 Å². The van der Waals surface area contributed by atoms with Crippen molar-refractivity contribution in [1.29, 1.82) is 0 Å². The van der Waals surface area contributed by atoms with Crippen LogP contribution in [0.3, 0.4) is 0 Å². The van der Waals surface area contributed by atoms with Crippen molar-refractivity contribution < 1.29 is 34.1 Å². The van der Waals surface area contributed by atoms with Gasteiger partial charge in [-0.3, -0.25) is 14.5 Å². The van der Waals surface area contributed by atoms with E-state index in [1.165, 1.54) is 4.90 Å². The number of nitrogens with zero attached hydrogens (tertiary/aromatic N) is 1. The van der Waals surface area contributed by atoms with Gasteiger partial charge in [-0.1, -0.05) is 39.5 Å². The average Bonchev–Trinajstić information content (AvgIpc) is 2.60. The zero-order valence-corrected chi connectivity index (χ0v) is 19.0. The van der Waals surface area contributed by atoms with Gasteiger partial charge in [-0.2, -0.15) is 0 Å². The number of hydrogen-bond acceptors (Lipinski definition) is 6. The molecular formula is C23H33NO7. The minimum Gasteiger partial charge on any atom is -0.493 e. The largest absolute Gasteiger partial charge is 0.493 e. The quantitative estimate of drug-likeness (QED) is 0.292. The molecule has 0 heterocycles. The summed E-state index contributed by atoms with van der Waals surface area (Å²) in [4.78, 5) is 35.2. The lowest BCUT2D eigenvalue weighted by molar-refractivity contribution is -0.142. The number of aliphatic carboxylic acids is 2. The van der Waals surface area contributed by atoms with Crippen LogP contribution in [0.15, 0.2) is 24.3 Å². The molecule has 31 heavy (non-hydrogen) atoms. The van der Waals surface area contributed by atoms with Crippen molar-refractivity contribution in [2.45, 2.75) is 53.0 Å². The minimum atomic E-state index is -1.10. The first-order valence-electron chi connectivity index (χ1n) is 10.1. The summed E-state index contributed by atoms with van der Waals surface area (Å²) in [6.07, 6.45) is 0.465. The molecule has 0 fully saturated rings. The van der Waals surface area contributed by atoms with Gasteiger partial charge in [-0.15, -0.1) is 0 Å². The normalized spacial score (nSPS) is 11.3. The second-order valence-electron chi connectivity index (χ2n) is 8.58. The number of hydrogen-bond donors (Lipinski definition) is 2. The molecule has 0 aromatic heterocycles. The van der Waals surface area contributed by atoms with E-state index in [9.17, 15) is 14.4 Å². The van der Waals surface area contributed by atoms with Gasteiger partial charge in [0.25, 0.3) is 0 Å². The highest BCUT2D eigenvalue weighted by Gasteiger charge is 2.21. The number of aryl methyl sites for hydroxylation is 1. The van der Waals surface area contributed by atoms with E-state index < -0.39 is 31.0 Å². The summed E-state index contributed by atoms with van der Waals surface area (Å²) < 4.78 is 11.0. The predicted octanol–water partition coefficient (Wildman–Crippen LogP) is 3.15. The Morgan fingerprint density at radius 3 is 2.13 bits per heavy atom. The molecule has 0 aliphatic rings. The maximum absolute atomic E-state index is 11.4. The topological polar surface area (TPSA) is 113 Å². The van der Waals surface area contributed by atoms with Crippen LogP contribution in [0.4, 0.5) is 0 Å². The third-order valence-electron chi connectivity index (χ3n) is 4.45. The number of rotatable bonds is 12. The molecule has 0 aliphatic carbocycles. The Kier molecular flexibility index (Phi) is 9.71. The summed E-state index contributed by atoms with van der Waals surface area (Å²) in [6, 6.07) is 3.94. The Morgan fingerprint density at radius 1 is 1.06 bits per heavy atom. The van der Waals surface area contributed by atoms with Crippen LogP contribution in [0.2, 0.25) is 0 Å². The Bertz CT molecular complexity index is 808. The molecule has 1 aromatic rings. The Balaban J connectivity index is 3.07. The molecular weight excluding hydrogens is 402 g/mol. The monoisotopic (exact) mass is 435 g/mol. The number of carboxylic acids is 2. The van der Waals surface area contributed by atoms with Gasteiger partial charge in [-0.05, 0) is 30.4 Å². The standard InChI is InChI=1S/C23H33NO7/c1-15(2)22(29)31-9-7-8-30-21-16(3)10-18(23(4,5)6)11-17(21)12-24(13-19(25)26)14-20(27)28/h10-11H,1,7-9,12-14H2,2-6H3,(H,25,26)(H,27,28). The summed E-state index contributed by atoms with van der Waals surface area (Å²) in [5, 5.41) is 18.3. The van der Waals surface area contributed by atoms with Gasteiger partial charge in [0, 0.05) is 24.1 Å². The van der Waals surface area contributed by atoms with Crippen molar-refractivity contribution in [2.75, 3.05) is 26.3 Å². The molecule has 0 saturated heterocycles. The van der Waals surface area contributed by atoms with E-state index in [1.54, 1.807) is 6.92 Å². The van der Waals surface area contributed by atoms with E-state index in [1.807, 2.05) is 19.1 Å². The zero-order valence-electron chi connectivity index (χ0n) is 19.0. The zero-order chi connectivity index (χ0) is 23.8. The second kappa shape index (κ2) is 11.5. The van der Waals surface area contributed by atoms with Crippen molar-refractivity contribution in [3.05, 3.63) is 41.0 Å². The van der Waals surface area contributed by atoms with Crippen LogP contribution in [0.1, 0.15) is 50.8 Å². The number of esters is 1. The Hall–Kier alpha value is -2.87. The molecule has 0 unspecified atom stereocenters. The average molecular weight is 436 g/mol. The predicted molar refractivity (Wildman–Crippen MR) is 116 cm³/mol. The summed E-state index contributed by atoms with van der Waals surface area (Å²) in [7, 11) is 0. The fourth-order valence-electron chi connectivity index (χ4n) is 2.92. The lowest BCUT2D eigenvalue weighted by atomic mass is 9.84. The molecule has 0 radical (unpaired) electrons. The number of carbonyl (C=O) groups excluding carboxylic acids is 1. The fourth-order valence-corrected chi connectivity index (χ4v) is 2.92. The van der Waals surface area contributed by atoms with Gasteiger partial charge in [0.05, 0.1) is 26.3 Å². The molecule has 0 saturated carbocycles. The van der Waals surface area contributed by atoms with E-state index >= 15 is 0 Å². The van der Waals surface area contributed by atoms with E-state index in [4.69, 9.17) is 19.7 Å². The lowest BCUT2D eigenvalue weighted by Gasteiger charge is -2.26. The molecule has 172 valence electrons. The van der Waals surface area contributed by atoms with Gasteiger partial charge >= 0.3 is 17.9 Å². The number of carbonyl (C=O) groups is 3. The second-order valence-corrected chi connectivity index (χ2v) is 8.58. The molecule has 0 amide bonds. The Labute approximate surface area is 183 Å². The van der Waals surface area contributed by atoms with Crippen LogP contribution < -0.4 is 4.74 Å². The van der Waals surface area contributed by atoms with E-state index in [0.717, 1.165) is 11.1 Å². The van der Waals surface area contributed by atoms with Crippen LogP contribution in [0.5, 0.6) is 5.75 Å². The smallest absolute Gasteiger partial charge is 0.333 e. The molecule has 0 bridgehead atoms. The Morgan fingerprint density at radius 2 is 1.65 bits per heavy atom. The molecule has 1 aromatic carbocycles. The summed E-state index contributed by atoms with van der Waals surface area (Å²) in [5.41, 5.74) is 2.79. The first-order valence-corrected chi connectivity index (χ1v) is 10.1. The summed E-state index contributed by atoms with van der Waals surface area (Å²) >= 11 is 0. The van der Waals surface area contributed by atoms with Crippen molar-refractivity contribution in [3.8, 4) is 5.75 Å². The highest BCUT2D eigenvalue weighted by atomic mass is 16.5. The molecule has 0 atom stereocenters. The highest BCUT2D eigenvalue weighted by Crippen LogP contribution is 2.32.